The molecule has 0 radical (unpaired) electrons. The summed E-state index contributed by atoms with van der Waals surface area (Å²) in [6, 6.07) is 13.1. The van der Waals surface area contributed by atoms with Gasteiger partial charge in [-0.1, -0.05) is 30.3 Å². The zero-order valence-corrected chi connectivity index (χ0v) is 15.7. The van der Waals surface area contributed by atoms with Crippen LogP contribution in [0.2, 0.25) is 0 Å². The molecule has 1 saturated heterocycles. The van der Waals surface area contributed by atoms with E-state index in [-0.39, 0.29) is 18.6 Å². The summed E-state index contributed by atoms with van der Waals surface area (Å²) in [5.74, 6) is -0.495. The third kappa shape index (κ3) is 3.52. The Morgan fingerprint density at radius 1 is 1.22 bits per heavy atom. The number of ether oxygens (including phenoxy) is 2. The van der Waals surface area contributed by atoms with Crippen LogP contribution >= 0.6 is 15.9 Å². The molecule has 27 heavy (non-hydrogen) atoms. The molecule has 8 heteroatoms. The average molecular weight is 430 g/mol. The van der Waals surface area contributed by atoms with E-state index in [2.05, 4.69) is 31.8 Å². The molecule has 0 aromatic heterocycles. The molecule has 7 nitrogen and oxygen atoms in total. The molecule has 2 aliphatic heterocycles. The van der Waals surface area contributed by atoms with E-state index >= 15 is 0 Å². The number of hydrazone groups is 1. The molecule has 1 fully saturated rings. The number of amides is 2. The van der Waals surface area contributed by atoms with Crippen LogP contribution < -0.4 is 20.2 Å². The maximum atomic E-state index is 12.6. The largest absolute Gasteiger partial charge is 0.454 e. The predicted molar refractivity (Wildman–Crippen MR) is 102 cm³/mol. The van der Waals surface area contributed by atoms with Gasteiger partial charge in [0.1, 0.15) is 5.92 Å². The van der Waals surface area contributed by atoms with E-state index in [0.29, 0.717) is 18.0 Å². The Bertz CT molecular complexity index is 917. The second-order valence-corrected chi connectivity index (χ2v) is 7.06. The molecule has 0 bridgehead atoms. The number of nitrogens with one attached hydrogen (secondary N) is 2. The van der Waals surface area contributed by atoms with Crippen LogP contribution in [0.3, 0.4) is 0 Å². The number of rotatable bonds is 4. The van der Waals surface area contributed by atoms with E-state index in [0.717, 1.165) is 15.6 Å². The lowest BCUT2D eigenvalue weighted by atomic mass is 9.88. The zero-order valence-electron chi connectivity index (χ0n) is 14.1. The Morgan fingerprint density at radius 3 is 2.74 bits per heavy atom. The Balaban J connectivity index is 1.47. The Morgan fingerprint density at radius 2 is 1.96 bits per heavy atom. The van der Waals surface area contributed by atoms with Crippen molar-refractivity contribution in [3.05, 3.63) is 58.1 Å². The highest BCUT2D eigenvalue weighted by atomic mass is 79.9. The quantitative estimate of drug-likeness (QED) is 0.442. The minimum Gasteiger partial charge on any atom is -0.454 e. The van der Waals surface area contributed by atoms with E-state index in [4.69, 9.17) is 9.47 Å². The van der Waals surface area contributed by atoms with E-state index < -0.39 is 11.8 Å². The van der Waals surface area contributed by atoms with Gasteiger partial charge >= 0.3 is 0 Å². The maximum absolute atomic E-state index is 12.6. The summed E-state index contributed by atoms with van der Waals surface area (Å²) in [6.07, 6.45) is 1.49. The molecule has 2 heterocycles. The lowest BCUT2D eigenvalue weighted by molar-refractivity contribution is -0.133. The van der Waals surface area contributed by atoms with Crippen molar-refractivity contribution in [2.24, 2.45) is 11.0 Å². The molecular formula is C19H16BrN3O4. The summed E-state index contributed by atoms with van der Waals surface area (Å²) >= 11 is 3.43. The highest BCUT2D eigenvalue weighted by molar-refractivity contribution is 9.10. The fourth-order valence-corrected chi connectivity index (χ4v) is 3.62. The first-order chi connectivity index (χ1) is 13.1. The molecular weight excluding hydrogens is 414 g/mol. The van der Waals surface area contributed by atoms with Crippen LogP contribution in [0.1, 0.15) is 17.0 Å². The fourth-order valence-electron chi connectivity index (χ4n) is 3.20. The first-order valence-electron chi connectivity index (χ1n) is 8.38. The second-order valence-electron chi connectivity index (χ2n) is 6.20. The van der Waals surface area contributed by atoms with Gasteiger partial charge in [0.2, 0.25) is 12.7 Å². The van der Waals surface area contributed by atoms with Gasteiger partial charge in [-0.15, -0.1) is 0 Å². The SMILES string of the molecule is O=C1NC[C@@H](c2ccccc2)[C@@H]1C(=O)N/N=C/c1cc2c(cc1Br)OCO2. The summed E-state index contributed by atoms with van der Waals surface area (Å²) in [6.45, 7) is 0.606. The normalized spacial score (nSPS) is 20.7. The molecule has 0 saturated carbocycles. The van der Waals surface area contributed by atoms with Gasteiger partial charge in [-0.25, -0.2) is 5.43 Å². The van der Waals surface area contributed by atoms with Gasteiger partial charge in [-0.05, 0) is 33.6 Å². The van der Waals surface area contributed by atoms with Gasteiger partial charge in [-0.2, -0.15) is 5.10 Å². The number of carbonyl (C=O) groups is 2. The first-order valence-corrected chi connectivity index (χ1v) is 9.17. The number of fused-ring (bicyclic) bond motifs is 1. The topological polar surface area (TPSA) is 89.0 Å². The average Bonchev–Trinajstić information content (AvgIpc) is 3.28. The van der Waals surface area contributed by atoms with E-state index in [1.807, 2.05) is 30.3 Å². The summed E-state index contributed by atoms with van der Waals surface area (Å²) in [4.78, 5) is 24.7. The molecule has 2 N–H and O–H groups in total. The van der Waals surface area contributed by atoms with Crippen LogP contribution in [0.4, 0.5) is 0 Å². The van der Waals surface area contributed by atoms with Crippen LogP contribution in [0.5, 0.6) is 11.5 Å². The van der Waals surface area contributed by atoms with Gasteiger partial charge in [0, 0.05) is 22.5 Å². The number of nitrogens with zero attached hydrogens (tertiary/aromatic N) is 1. The number of hydrogen-bond acceptors (Lipinski definition) is 5. The Labute approximate surface area is 163 Å². The third-order valence-electron chi connectivity index (χ3n) is 4.56. The van der Waals surface area contributed by atoms with Crippen molar-refractivity contribution >= 4 is 34.0 Å². The standard InChI is InChI=1S/C19H16BrN3O4/c20-14-7-16-15(26-10-27-16)6-12(14)8-22-23-19(25)17-13(9-21-18(17)24)11-4-2-1-3-5-11/h1-8,13,17H,9-10H2,(H,21,24)(H,23,25)/b22-8+/t13-,17-/m0/s1. The third-order valence-corrected chi connectivity index (χ3v) is 5.25. The van der Waals surface area contributed by atoms with Crippen molar-refractivity contribution in [2.45, 2.75) is 5.92 Å². The lowest BCUT2D eigenvalue weighted by Gasteiger charge is -2.15. The monoisotopic (exact) mass is 429 g/mol. The number of hydrogen-bond donors (Lipinski definition) is 2. The molecule has 2 aromatic rings. The molecule has 2 atom stereocenters. The number of carbonyl (C=O) groups excluding carboxylic acids is 2. The van der Waals surface area contributed by atoms with E-state index in [1.165, 1.54) is 6.21 Å². The Hall–Kier alpha value is -2.87. The van der Waals surface area contributed by atoms with Crippen molar-refractivity contribution in [1.82, 2.24) is 10.7 Å². The van der Waals surface area contributed by atoms with Crippen molar-refractivity contribution < 1.29 is 19.1 Å². The van der Waals surface area contributed by atoms with Gasteiger partial charge < -0.3 is 14.8 Å². The smallest absolute Gasteiger partial charge is 0.253 e. The van der Waals surface area contributed by atoms with Crippen molar-refractivity contribution in [3.63, 3.8) is 0 Å². The van der Waals surface area contributed by atoms with Crippen LogP contribution in [0.15, 0.2) is 52.0 Å². The first kappa shape index (κ1) is 17.5. The number of halogens is 1. The zero-order chi connectivity index (χ0) is 18.8. The molecule has 0 unspecified atom stereocenters. The van der Waals surface area contributed by atoms with Crippen LogP contribution in [0.25, 0.3) is 0 Å². The molecule has 4 rings (SSSR count). The maximum Gasteiger partial charge on any atom is 0.253 e. The summed E-state index contributed by atoms with van der Waals surface area (Å²) in [7, 11) is 0. The molecule has 2 aromatic carbocycles. The lowest BCUT2D eigenvalue weighted by Crippen LogP contribution is -2.34. The van der Waals surface area contributed by atoms with Gasteiger partial charge in [0.25, 0.3) is 5.91 Å². The van der Waals surface area contributed by atoms with Crippen molar-refractivity contribution in [1.29, 1.82) is 0 Å². The molecule has 138 valence electrons. The summed E-state index contributed by atoms with van der Waals surface area (Å²) < 4.78 is 11.4. The molecule has 0 spiro atoms. The Kier molecular flexibility index (Phi) is 4.81. The van der Waals surface area contributed by atoms with Crippen molar-refractivity contribution in [3.8, 4) is 11.5 Å². The minimum atomic E-state index is -0.815. The van der Waals surface area contributed by atoms with Crippen LogP contribution in [-0.2, 0) is 9.59 Å². The van der Waals surface area contributed by atoms with Gasteiger partial charge in [-0.3, -0.25) is 9.59 Å². The molecule has 0 aliphatic carbocycles. The highest BCUT2D eigenvalue weighted by Crippen LogP contribution is 2.36. The minimum absolute atomic E-state index is 0.177. The summed E-state index contributed by atoms with van der Waals surface area (Å²) in [5, 5.41) is 6.76. The van der Waals surface area contributed by atoms with E-state index in [1.54, 1.807) is 12.1 Å². The van der Waals surface area contributed by atoms with Crippen LogP contribution in [-0.4, -0.2) is 31.4 Å². The molecule has 2 aliphatic rings. The molecule has 2 amide bonds. The second kappa shape index (κ2) is 7.40. The van der Waals surface area contributed by atoms with Gasteiger partial charge in [0.15, 0.2) is 11.5 Å². The van der Waals surface area contributed by atoms with Crippen LogP contribution in [0, 0.1) is 5.92 Å². The van der Waals surface area contributed by atoms with E-state index in [9.17, 15) is 9.59 Å². The number of benzene rings is 2. The highest BCUT2D eigenvalue weighted by Gasteiger charge is 2.40. The van der Waals surface area contributed by atoms with Crippen molar-refractivity contribution in [2.75, 3.05) is 13.3 Å². The fraction of sp³-hybridized carbons (Fsp3) is 0.211. The predicted octanol–water partition coefficient (Wildman–Crippen LogP) is 2.16. The summed E-state index contributed by atoms with van der Waals surface area (Å²) in [5.41, 5.74) is 4.14. The van der Waals surface area contributed by atoms with Gasteiger partial charge in [0.05, 0.1) is 6.21 Å².